The molecule has 0 bridgehead atoms. The number of carbonyl (C=O) groups excluding carboxylic acids is 1. The highest BCUT2D eigenvalue weighted by Crippen LogP contribution is 2.25. The SMILES string of the molecule is B[C@@](C)(NC(=O)c1c(N)nn2cccnc12)c1cc2cccc(C#Cc3cnn(C)c3)c2c(=O)n1C/C=C\C=C/C#C. The van der Waals surface area contributed by atoms with Crippen molar-refractivity contribution in [2.24, 2.45) is 7.05 Å². The summed E-state index contributed by atoms with van der Waals surface area (Å²) in [5.74, 6) is 8.25. The number of fused-ring (bicyclic) bond motifs is 2. The molecule has 0 aliphatic carbocycles. The molecule has 0 saturated carbocycles. The largest absolute Gasteiger partial charge is 0.381 e. The number of anilines is 1. The summed E-state index contributed by atoms with van der Waals surface area (Å²) in [6.07, 6.45) is 18.9. The second-order valence-electron chi connectivity index (χ2n) is 10.0. The maximum absolute atomic E-state index is 14.1. The van der Waals surface area contributed by atoms with Gasteiger partial charge in [-0.1, -0.05) is 48.1 Å². The van der Waals surface area contributed by atoms with Gasteiger partial charge in [0.25, 0.3) is 11.5 Å². The molecule has 5 aromatic rings. The van der Waals surface area contributed by atoms with Crippen molar-refractivity contribution in [1.82, 2.24) is 34.3 Å². The summed E-state index contributed by atoms with van der Waals surface area (Å²) in [6.45, 7) is 2.05. The Hall–Kier alpha value is -5.81. The summed E-state index contributed by atoms with van der Waals surface area (Å²) < 4.78 is 4.74. The van der Waals surface area contributed by atoms with E-state index in [1.54, 1.807) is 58.3 Å². The van der Waals surface area contributed by atoms with Crippen molar-refractivity contribution in [3.05, 3.63) is 112 Å². The molecule has 0 aliphatic rings. The number of hydrogen-bond donors (Lipinski definition) is 2. The second kappa shape index (κ2) is 11.4. The number of nitrogen functional groups attached to an aromatic ring is 1. The molecule has 0 saturated heterocycles. The summed E-state index contributed by atoms with van der Waals surface area (Å²) >= 11 is 0. The Morgan fingerprint density at radius 1 is 1.26 bits per heavy atom. The van der Waals surface area contributed by atoms with Crippen LogP contribution in [0.4, 0.5) is 5.82 Å². The predicted molar refractivity (Wildman–Crippen MR) is 165 cm³/mol. The molecule has 1 atom stereocenters. The number of carbonyl (C=O) groups is 1. The molecule has 42 heavy (non-hydrogen) atoms. The number of terminal acetylenes is 1. The lowest BCUT2D eigenvalue weighted by atomic mass is 9.75. The number of allylic oxidation sites excluding steroid dienone is 4. The van der Waals surface area contributed by atoms with Crippen LogP contribution in [-0.2, 0) is 19.0 Å². The van der Waals surface area contributed by atoms with Crippen LogP contribution in [0.5, 0.6) is 0 Å². The number of benzene rings is 1. The zero-order chi connectivity index (χ0) is 29.9. The van der Waals surface area contributed by atoms with Crippen LogP contribution in [0.2, 0.25) is 0 Å². The van der Waals surface area contributed by atoms with Crippen LogP contribution in [0.25, 0.3) is 16.4 Å². The molecule has 0 radical (unpaired) electrons. The number of pyridine rings is 1. The van der Waals surface area contributed by atoms with E-state index in [2.05, 4.69) is 38.3 Å². The number of nitrogens with two attached hydrogens (primary N) is 1. The van der Waals surface area contributed by atoms with Gasteiger partial charge in [0.1, 0.15) is 13.4 Å². The molecule has 0 aliphatic heterocycles. The van der Waals surface area contributed by atoms with Gasteiger partial charge in [0.15, 0.2) is 11.5 Å². The average Bonchev–Trinajstić information content (AvgIpc) is 3.53. The molecular weight excluding hydrogens is 527 g/mol. The first-order chi connectivity index (χ1) is 20.2. The minimum Gasteiger partial charge on any atom is -0.381 e. The topological polar surface area (TPSA) is 125 Å². The highest BCUT2D eigenvalue weighted by Gasteiger charge is 2.30. The number of nitrogens with zero attached hydrogens (tertiary/aromatic N) is 6. The van der Waals surface area contributed by atoms with E-state index >= 15 is 0 Å². The summed E-state index contributed by atoms with van der Waals surface area (Å²) in [4.78, 5) is 32.0. The van der Waals surface area contributed by atoms with Crippen LogP contribution in [0.15, 0.2) is 84.2 Å². The summed E-state index contributed by atoms with van der Waals surface area (Å²) in [6, 6.07) is 9.12. The molecular formula is C31H27BN8O2. The molecule has 4 aromatic heterocycles. The van der Waals surface area contributed by atoms with Gasteiger partial charge in [-0.2, -0.15) is 5.10 Å². The van der Waals surface area contributed by atoms with Crippen LogP contribution in [0.1, 0.15) is 34.1 Å². The molecule has 10 nitrogen and oxygen atoms in total. The summed E-state index contributed by atoms with van der Waals surface area (Å²) in [5.41, 5.74) is 7.24. The standard InChI is InChI=1S/C31H27BN8O2/c1-4-5-6-7-8-16-39-24(31(2,32)36-29(41)26-27(33)37-40-17-10-15-34-28(26)40)18-23-12-9-11-22(25(23)30(39)42)14-13-21-19-35-38(3)20-21/h1,5-12,15,17-20H,16,32H2,2-3H3,(H2,33,37)(H,36,41)/b6-5-,8-7-/t31-/m0/s1. The highest BCUT2D eigenvalue weighted by atomic mass is 16.2. The zero-order valence-electron chi connectivity index (χ0n) is 23.4. The van der Waals surface area contributed by atoms with Crippen LogP contribution >= 0.6 is 0 Å². The maximum atomic E-state index is 14.1. The Kier molecular flexibility index (Phi) is 7.50. The molecule has 206 valence electrons. The number of aromatic nitrogens is 6. The van der Waals surface area contributed by atoms with Gasteiger partial charge in [-0.3, -0.25) is 14.3 Å². The number of rotatable bonds is 6. The maximum Gasteiger partial charge on any atom is 0.260 e. The molecule has 3 N–H and O–H groups in total. The highest BCUT2D eigenvalue weighted by molar-refractivity contribution is 6.18. The quantitative estimate of drug-likeness (QED) is 0.187. The number of aryl methyl sites for hydroxylation is 1. The first-order valence-corrected chi connectivity index (χ1v) is 13.1. The van der Waals surface area contributed by atoms with Crippen molar-refractivity contribution in [3.8, 4) is 24.2 Å². The van der Waals surface area contributed by atoms with Gasteiger partial charge in [0.2, 0.25) is 0 Å². The first kappa shape index (κ1) is 27.8. The van der Waals surface area contributed by atoms with Crippen molar-refractivity contribution in [1.29, 1.82) is 0 Å². The predicted octanol–water partition coefficient (Wildman–Crippen LogP) is 1.74. The Balaban J connectivity index is 1.62. The monoisotopic (exact) mass is 554 g/mol. The molecule has 0 fully saturated rings. The Morgan fingerprint density at radius 3 is 2.86 bits per heavy atom. The number of nitrogens with one attached hydrogen (secondary N) is 1. The molecule has 0 unspecified atom stereocenters. The minimum absolute atomic E-state index is 0.0537. The van der Waals surface area contributed by atoms with Gasteiger partial charge < -0.3 is 15.6 Å². The number of hydrogen-bond acceptors (Lipinski definition) is 6. The lowest BCUT2D eigenvalue weighted by molar-refractivity contribution is 0.0931. The van der Waals surface area contributed by atoms with Gasteiger partial charge in [0, 0.05) is 48.9 Å². The average molecular weight is 554 g/mol. The molecule has 4 heterocycles. The van der Waals surface area contributed by atoms with Crippen LogP contribution in [0, 0.1) is 24.2 Å². The van der Waals surface area contributed by atoms with E-state index in [4.69, 9.17) is 12.2 Å². The van der Waals surface area contributed by atoms with E-state index in [-0.39, 0.29) is 23.5 Å². The smallest absolute Gasteiger partial charge is 0.260 e. The van der Waals surface area contributed by atoms with E-state index in [9.17, 15) is 9.59 Å². The first-order valence-electron chi connectivity index (χ1n) is 13.1. The fourth-order valence-corrected chi connectivity index (χ4v) is 4.72. The van der Waals surface area contributed by atoms with Gasteiger partial charge >= 0.3 is 0 Å². The van der Waals surface area contributed by atoms with E-state index in [1.807, 2.05) is 52.2 Å². The lowest BCUT2D eigenvalue weighted by Crippen LogP contribution is -2.47. The Labute approximate surface area is 243 Å². The van der Waals surface area contributed by atoms with E-state index in [0.29, 0.717) is 27.7 Å². The number of amides is 1. The van der Waals surface area contributed by atoms with Crippen molar-refractivity contribution in [2.75, 3.05) is 5.73 Å². The third kappa shape index (κ3) is 5.44. The normalized spacial score (nSPS) is 12.8. The summed E-state index contributed by atoms with van der Waals surface area (Å²) in [5, 5.41) is 12.6. The fraction of sp³-hybridized carbons (Fsp3) is 0.129. The van der Waals surface area contributed by atoms with Crippen LogP contribution < -0.4 is 16.6 Å². The van der Waals surface area contributed by atoms with Gasteiger partial charge in [-0.15, -0.1) is 11.5 Å². The zero-order valence-corrected chi connectivity index (χ0v) is 23.4. The van der Waals surface area contributed by atoms with Crippen LogP contribution in [0.3, 0.4) is 0 Å². The lowest BCUT2D eigenvalue weighted by Gasteiger charge is -2.30. The van der Waals surface area contributed by atoms with Crippen molar-refractivity contribution >= 4 is 36.0 Å². The Bertz CT molecular complexity index is 2060. The van der Waals surface area contributed by atoms with E-state index in [1.165, 1.54) is 4.52 Å². The Morgan fingerprint density at radius 2 is 2.10 bits per heavy atom. The van der Waals surface area contributed by atoms with E-state index < -0.39 is 11.3 Å². The van der Waals surface area contributed by atoms with Crippen molar-refractivity contribution in [3.63, 3.8) is 0 Å². The van der Waals surface area contributed by atoms with Crippen LogP contribution in [-0.4, -0.2) is 42.7 Å². The van der Waals surface area contributed by atoms with Gasteiger partial charge in [0.05, 0.1) is 17.1 Å². The van der Waals surface area contributed by atoms with Gasteiger partial charge in [-0.25, -0.2) is 9.50 Å². The third-order valence-corrected chi connectivity index (χ3v) is 6.63. The molecule has 1 aromatic carbocycles. The molecule has 11 heteroatoms. The van der Waals surface area contributed by atoms with E-state index in [0.717, 1.165) is 5.56 Å². The van der Waals surface area contributed by atoms with Gasteiger partial charge in [-0.05, 0) is 36.6 Å². The molecule has 1 amide bonds. The second-order valence-corrected chi connectivity index (χ2v) is 10.0. The molecule has 0 spiro atoms. The third-order valence-electron chi connectivity index (χ3n) is 6.63. The fourth-order valence-electron chi connectivity index (χ4n) is 4.72. The van der Waals surface area contributed by atoms with Crippen molar-refractivity contribution < 1.29 is 4.79 Å². The summed E-state index contributed by atoms with van der Waals surface area (Å²) in [7, 11) is 3.64. The van der Waals surface area contributed by atoms with Crippen molar-refractivity contribution in [2.45, 2.75) is 18.9 Å². The minimum atomic E-state index is -1.01. The molecule has 5 rings (SSSR count).